The van der Waals surface area contributed by atoms with Crippen molar-refractivity contribution in [3.05, 3.63) is 192 Å². The molecule has 0 aliphatic carbocycles. The Bertz CT molecular complexity index is 3660. The van der Waals surface area contributed by atoms with Crippen LogP contribution in [0, 0.1) is 45.3 Å². The molecule has 10 aromatic rings. The third-order valence-electron chi connectivity index (χ3n) is 11.5. The van der Waals surface area contributed by atoms with Crippen LogP contribution in [-0.4, -0.2) is 9.13 Å². The topological polar surface area (TPSA) is 105 Å². The zero-order chi connectivity index (χ0) is 42.7. The smallest absolute Gasteiger partial charge is 0.307 e. The van der Waals surface area contributed by atoms with E-state index >= 15 is 0 Å². The van der Waals surface area contributed by atoms with Gasteiger partial charge in [0.25, 0.3) is 0 Å². The summed E-state index contributed by atoms with van der Waals surface area (Å²) in [5.74, 6) is 0. The molecule has 0 saturated carbocycles. The second-order valence-electron chi connectivity index (χ2n) is 14.9. The first kappa shape index (κ1) is 37.4. The molecule has 0 unspecified atom stereocenters. The van der Waals surface area contributed by atoms with E-state index in [2.05, 4.69) is 34.9 Å². The van der Waals surface area contributed by atoms with Gasteiger partial charge in [0.1, 0.15) is 0 Å². The molecule has 0 aliphatic rings. The van der Waals surface area contributed by atoms with Gasteiger partial charge in [0.15, 0.2) is 0 Å². The molecule has 9 heteroatoms. The van der Waals surface area contributed by atoms with Gasteiger partial charge in [-0.25, -0.2) is 0 Å². The largest absolute Gasteiger partial charge is 0.417 e. The number of fused-ring (bicyclic) bond motifs is 6. The van der Waals surface area contributed by atoms with E-state index in [0.29, 0.717) is 22.5 Å². The van der Waals surface area contributed by atoms with Crippen molar-refractivity contribution in [3.63, 3.8) is 0 Å². The summed E-state index contributed by atoms with van der Waals surface area (Å²) in [7, 11) is 0. The number of aromatic nitrogens is 2. The standard InChI is InChI=1S/C53H27F3N6/c54-53(55,56)46-23-34(30-59)13-20-40(46)43-27-52(62-48-8-4-2-6-42(48)45-25-38(19-22-50(45)62)36-16-11-33(29-58)12-17-36)51(26-39(43)31-60)61-47-7-3-1-5-41(47)44-24-37(18-21-49(44)61)35-14-9-32(28-57)10-15-35/h1-27H. The average Bonchev–Trinajstić information content (AvgIpc) is 3.82. The van der Waals surface area contributed by atoms with E-state index in [9.17, 15) is 34.2 Å². The summed E-state index contributed by atoms with van der Waals surface area (Å²) < 4.78 is 48.8. The van der Waals surface area contributed by atoms with Crippen LogP contribution in [0.5, 0.6) is 0 Å². The van der Waals surface area contributed by atoms with Crippen LogP contribution < -0.4 is 0 Å². The van der Waals surface area contributed by atoms with Crippen LogP contribution >= 0.6 is 0 Å². The second kappa shape index (κ2) is 14.4. The number of hydrogen-bond donors (Lipinski definition) is 0. The van der Waals surface area contributed by atoms with Crippen molar-refractivity contribution in [2.75, 3.05) is 0 Å². The van der Waals surface area contributed by atoms with E-state index in [1.165, 1.54) is 12.1 Å². The molecule has 8 aromatic carbocycles. The fourth-order valence-corrected chi connectivity index (χ4v) is 8.63. The van der Waals surface area contributed by atoms with Crippen molar-refractivity contribution in [2.24, 2.45) is 0 Å². The summed E-state index contributed by atoms with van der Waals surface area (Å²) in [5, 5.41) is 42.9. The highest BCUT2D eigenvalue weighted by Crippen LogP contribution is 2.45. The summed E-state index contributed by atoms with van der Waals surface area (Å²) in [6.45, 7) is 0. The first-order valence-corrected chi connectivity index (χ1v) is 19.5. The Hall–Kier alpha value is -8.89. The molecule has 0 aliphatic heterocycles. The van der Waals surface area contributed by atoms with Crippen molar-refractivity contribution in [1.82, 2.24) is 9.13 Å². The van der Waals surface area contributed by atoms with Crippen LogP contribution in [0.4, 0.5) is 13.2 Å². The lowest BCUT2D eigenvalue weighted by Crippen LogP contribution is -2.10. The Balaban J connectivity index is 1.31. The van der Waals surface area contributed by atoms with Crippen molar-refractivity contribution in [3.8, 4) is 69.0 Å². The van der Waals surface area contributed by atoms with E-state index in [0.717, 1.165) is 71.9 Å². The van der Waals surface area contributed by atoms with Crippen molar-refractivity contribution < 1.29 is 13.2 Å². The maximum absolute atomic E-state index is 14.9. The fraction of sp³-hybridized carbons (Fsp3) is 0.0189. The number of alkyl halides is 3. The first-order chi connectivity index (χ1) is 30.2. The Kier molecular flexibility index (Phi) is 8.70. The molecule has 290 valence electrons. The Morgan fingerprint density at radius 1 is 0.371 bits per heavy atom. The van der Waals surface area contributed by atoms with Crippen LogP contribution in [-0.2, 0) is 6.18 Å². The van der Waals surface area contributed by atoms with Gasteiger partial charge >= 0.3 is 6.18 Å². The number of nitriles is 4. The minimum atomic E-state index is -4.83. The molecule has 0 radical (unpaired) electrons. The maximum atomic E-state index is 14.9. The molecule has 0 atom stereocenters. The van der Waals surface area contributed by atoms with Gasteiger partial charge < -0.3 is 9.13 Å². The number of rotatable bonds is 5. The fourth-order valence-electron chi connectivity index (χ4n) is 8.63. The van der Waals surface area contributed by atoms with E-state index in [1.54, 1.807) is 36.4 Å². The highest BCUT2D eigenvalue weighted by Gasteiger charge is 2.35. The summed E-state index contributed by atoms with van der Waals surface area (Å²) in [5.41, 5.74) is 7.73. The molecule has 10 rings (SSSR count). The number of halogens is 3. The highest BCUT2D eigenvalue weighted by molar-refractivity contribution is 6.13. The Morgan fingerprint density at radius 2 is 0.806 bits per heavy atom. The molecule has 6 nitrogen and oxygen atoms in total. The van der Waals surface area contributed by atoms with Crippen LogP contribution in [0.15, 0.2) is 164 Å². The average molecular weight is 805 g/mol. The molecule has 0 spiro atoms. The summed E-state index contributed by atoms with van der Waals surface area (Å²) in [6, 6.07) is 57.7. The number of nitrogens with zero attached hydrogens (tertiary/aromatic N) is 6. The summed E-state index contributed by atoms with van der Waals surface area (Å²) in [6.07, 6.45) is -4.83. The van der Waals surface area contributed by atoms with Crippen molar-refractivity contribution in [2.45, 2.75) is 6.18 Å². The summed E-state index contributed by atoms with van der Waals surface area (Å²) in [4.78, 5) is 0. The maximum Gasteiger partial charge on any atom is 0.417 e. The van der Waals surface area contributed by atoms with Gasteiger partial charge in [-0.2, -0.15) is 34.2 Å². The van der Waals surface area contributed by atoms with E-state index in [1.807, 2.05) is 108 Å². The van der Waals surface area contributed by atoms with Crippen LogP contribution in [0.3, 0.4) is 0 Å². The lowest BCUT2D eigenvalue weighted by Gasteiger charge is -2.21. The normalized spacial score (nSPS) is 11.4. The molecule has 2 aromatic heterocycles. The molecule has 2 heterocycles. The highest BCUT2D eigenvalue weighted by atomic mass is 19.4. The van der Waals surface area contributed by atoms with Crippen LogP contribution in [0.2, 0.25) is 0 Å². The van der Waals surface area contributed by atoms with Crippen molar-refractivity contribution in [1.29, 1.82) is 21.0 Å². The van der Waals surface area contributed by atoms with Gasteiger partial charge in [0.2, 0.25) is 0 Å². The number of hydrogen-bond acceptors (Lipinski definition) is 4. The molecule has 0 fully saturated rings. The minimum Gasteiger partial charge on any atom is -0.307 e. The lowest BCUT2D eigenvalue weighted by atomic mass is 9.92. The molecule has 0 saturated heterocycles. The second-order valence-corrected chi connectivity index (χ2v) is 14.9. The molecular weight excluding hydrogens is 778 g/mol. The quantitative estimate of drug-likeness (QED) is 0.173. The van der Waals surface area contributed by atoms with Gasteiger partial charge in [0, 0.05) is 27.1 Å². The monoisotopic (exact) mass is 804 g/mol. The van der Waals surface area contributed by atoms with E-state index in [-0.39, 0.29) is 22.3 Å². The van der Waals surface area contributed by atoms with Crippen LogP contribution in [0.25, 0.3) is 88.4 Å². The molecule has 0 N–H and O–H groups in total. The van der Waals surface area contributed by atoms with Gasteiger partial charge in [-0.1, -0.05) is 78.9 Å². The molecule has 0 amide bonds. The Morgan fingerprint density at radius 3 is 1.27 bits per heavy atom. The molecular formula is C53H27F3N6. The third-order valence-corrected chi connectivity index (χ3v) is 11.5. The van der Waals surface area contributed by atoms with E-state index in [4.69, 9.17) is 0 Å². The third kappa shape index (κ3) is 6.01. The zero-order valence-electron chi connectivity index (χ0n) is 32.4. The summed E-state index contributed by atoms with van der Waals surface area (Å²) >= 11 is 0. The van der Waals surface area contributed by atoms with E-state index < -0.39 is 11.7 Å². The first-order valence-electron chi connectivity index (χ1n) is 19.5. The minimum absolute atomic E-state index is 0.0166. The van der Waals surface area contributed by atoms with Gasteiger partial charge in [-0.05, 0) is 113 Å². The van der Waals surface area contributed by atoms with Crippen molar-refractivity contribution >= 4 is 43.6 Å². The lowest BCUT2D eigenvalue weighted by molar-refractivity contribution is -0.137. The Labute approximate surface area is 352 Å². The number of benzene rings is 8. The van der Waals surface area contributed by atoms with Crippen LogP contribution in [0.1, 0.15) is 27.8 Å². The van der Waals surface area contributed by atoms with Gasteiger partial charge in [0.05, 0.1) is 85.5 Å². The van der Waals surface area contributed by atoms with Gasteiger partial charge in [-0.15, -0.1) is 0 Å². The molecule has 62 heavy (non-hydrogen) atoms. The molecule has 0 bridgehead atoms. The van der Waals surface area contributed by atoms with Gasteiger partial charge in [-0.3, -0.25) is 0 Å². The predicted molar refractivity (Wildman–Crippen MR) is 235 cm³/mol. The predicted octanol–water partition coefficient (Wildman–Crippen LogP) is 13.4. The number of para-hydroxylation sites is 2. The zero-order valence-corrected chi connectivity index (χ0v) is 32.4. The SMILES string of the molecule is N#Cc1ccc(-c2ccc3c(c2)c2ccccc2n3-c2cc(C#N)c(-c3ccc(C#N)cc3C(F)(F)F)cc2-n2c3ccccc3c3cc(-c4ccc(C#N)cc4)ccc32)cc1.